The smallest absolute Gasteiger partial charge is 0.229 e. The molecule has 0 aromatic carbocycles. The third kappa shape index (κ3) is 4.09. The zero-order valence-corrected chi connectivity index (χ0v) is 17.4. The Balaban J connectivity index is 1.47. The number of hydrogen-bond acceptors (Lipinski definition) is 6. The minimum atomic E-state index is 0.00495. The molecule has 2 fully saturated rings. The Morgan fingerprint density at radius 3 is 2.63 bits per heavy atom. The number of rotatable bonds is 6. The highest BCUT2D eigenvalue weighted by Gasteiger charge is 2.28. The largest absolute Gasteiger partial charge is 0.356 e. The molecule has 6 nitrogen and oxygen atoms in total. The molecule has 1 saturated carbocycles. The highest BCUT2D eigenvalue weighted by molar-refractivity contribution is 5.48. The Bertz CT molecular complexity index is 945. The molecule has 5 rings (SSSR count). The SMILES string of the molecule is c1cncc(C(Cc2cccnc2N2CCCCC2)c2noc(C3CCCC3)n2)c1. The van der Waals surface area contributed by atoms with E-state index in [1.807, 2.05) is 30.7 Å². The normalized spacial score (nSPS) is 18.6. The maximum absolute atomic E-state index is 5.73. The summed E-state index contributed by atoms with van der Waals surface area (Å²) in [7, 11) is 0. The molecular weight excluding hydrogens is 374 g/mol. The second kappa shape index (κ2) is 8.94. The first-order valence-corrected chi connectivity index (χ1v) is 11.3. The van der Waals surface area contributed by atoms with E-state index in [4.69, 9.17) is 14.5 Å². The van der Waals surface area contributed by atoms with Gasteiger partial charge in [-0.1, -0.05) is 30.1 Å². The molecule has 156 valence electrons. The van der Waals surface area contributed by atoms with E-state index in [2.05, 4.69) is 27.2 Å². The highest BCUT2D eigenvalue weighted by Crippen LogP contribution is 2.35. The second-order valence-electron chi connectivity index (χ2n) is 8.55. The van der Waals surface area contributed by atoms with Gasteiger partial charge in [0, 0.05) is 37.6 Å². The van der Waals surface area contributed by atoms with E-state index in [9.17, 15) is 0 Å². The van der Waals surface area contributed by atoms with Crippen LogP contribution in [0.25, 0.3) is 0 Å². The zero-order chi connectivity index (χ0) is 20.2. The fourth-order valence-electron chi connectivity index (χ4n) is 4.87. The lowest BCUT2D eigenvalue weighted by molar-refractivity contribution is 0.349. The van der Waals surface area contributed by atoms with E-state index in [0.29, 0.717) is 5.92 Å². The Morgan fingerprint density at radius 1 is 1.00 bits per heavy atom. The van der Waals surface area contributed by atoms with E-state index in [1.54, 1.807) is 0 Å². The molecule has 0 bridgehead atoms. The van der Waals surface area contributed by atoms with E-state index >= 15 is 0 Å². The van der Waals surface area contributed by atoms with Crippen LogP contribution in [0.5, 0.6) is 0 Å². The number of aromatic nitrogens is 4. The third-order valence-corrected chi connectivity index (χ3v) is 6.51. The van der Waals surface area contributed by atoms with Gasteiger partial charge < -0.3 is 9.42 Å². The Kier molecular flexibility index (Phi) is 5.73. The van der Waals surface area contributed by atoms with Crippen molar-refractivity contribution in [1.29, 1.82) is 0 Å². The molecule has 1 atom stereocenters. The van der Waals surface area contributed by atoms with Gasteiger partial charge >= 0.3 is 0 Å². The van der Waals surface area contributed by atoms with Crippen molar-refractivity contribution in [2.45, 2.75) is 63.2 Å². The van der Waals surface area contributed by atoms with Crippen molar-refractivity contribution in [3.05, 3.63) is 65.7 Å². The third-order valence-electron chi connectivity index (χ3n) is 6.51. The Hall–Kier alpha value is -2.76. The molecule has 30 heavy (non-hydrogen) atoms. The minimum absolute atomic E-state index is 0.00495. The van der Waals surface area contributed by atoms with Crippen LogP contribution in [0.4, 0.5) is 5.82 Å². The molecule has 0 spiro atoms. The van der Waals surface area contributed by atoms with Crippen molar-refractivity contribution in [3.8, 4) is 0 Å². The van der Waals surface area contributed by atoms with Gasteiger partial charge in [0.25, 0.3) is 0 Å². The maximum Gasteiger partial charge on any atom is 0.229 e. The molecule has 0 N–H and O–H groups in total. The van der Waals surface area contributed by atoms with Gasteiger partial charge in [-0.15, -0.1) is 0 Å². The molecule has 3 aromatic heterocycles. The molecule has 1 saturated heterocycles. The summed E-state index contributed by atoms with van der Waals surface area (Å²) in [6, 6.07) is 8.32. The molecule has 6 heteroatoms. The molecule has 4 heterocycles. The van der Waals surface area contributed by atoms with Crippen LogP contribution >= 0.6 is 0 Å². The molecule has 1 aliphatic heterocycles. The maximum atomic E-state index is 5.73. The van der Waals surface area contributed by atoms with Crippen molar-refractivity contribution in [2.24, 2.45) is 0 Å². The van der Waals surface area contributed by atoms with E-state index in [1.165, 1.54) is 37.7 Å². The number of nitrogens with zero attached hydrogens (tertiary/aromatic N) is 5. The summed E-state index contributed by atoms with van der Waals surface area (Å²) in [4.78, 5) is 16.4. The summed E-state index contributed by atoms with van der Waals surface area (Å²) in [6.45, 7) is 2.16. The predicted octanol–water partition coefficient (Wildman–Crippen LogP) is 4.88. The quantitative estimate of drug-likeness (QED) is 0.584. The van der Waals surface area contributed by atoms with Crippen molar-refractivity contribution >= 4 is 5.82 Å². The van der Waals surface area contributed by atoms with Crippen molar-refractivity contribution in [2.75, 3.05) is 18.0 Å². The van der Waals surface area contributed by atoms with Crippen LogP contribution in [0.15, 0.2) is 47.4 Å². The van der Waals surface area contributed by atoms with Gasteiger partial charge in [0.1, 0.15) is 5.82 Å². The minimum Gasteiger partial charge on any atom is -0.356 e. The highest BCUT2D eigenvalue weighted by atomic mass is 16.5. The molecule has 0 amide bonds. The number of piperidine rings is 1. The van der Waals surface area contributed by atoms with Crippen LogP contribution in [-0.4, -0.2) is 33.2 Å². The van der Waals surface area contributed by atoms with Gasteiger partial charge in [0.15, 0.2) is 5.82 Å². The van der Waals surface area contributed by atoms with E-state index in [0.717, 1.165) is 55.4 Å². The van der Waals surface area contributed by atoms with Gasteiger partial charge in [0.2, 0.25) is 5.89 Å². The lowest BCUT2D eigenvalue weighted by atomic mass is 9.92. The standard InChI is InChI=1S/C24H29N5O/c1-4-14-29(15-5-1)23-19(10-7-13-26-23)16-21(20-11-6-12-25-17-20)22-27-24(30-28-22)18-8-2-3-9-18/h6-7,10-13,17-18,21H,1-5,8-9,14-16H2. The summed E-state index contributed by atoms with van der Waals surface area (Å²) in [5.74, 6) is 3.09. The van der Waals surface area contributed by atoms with Crippen molar-refractivity contribution in [3.63, 3.8) is 0 Å². The van der Waals surface area contributed by atoms with Gasteiger partial charge in [0.05, 0.1) is 5.92 Å². The van der Waals surface area contributed by atoms with Crippen LogP contribution in [0.3, 0.4) is 0 Å². The molecule has 2 aliphatic rings. The van der Waals surface area contributed by atoms with Crippen molar-refractivity contribution in [1.82, 2.24) is 20.1 Å². The van der Waals surface area contributed by atoms with Gasteiger partial charge in [-0.25, -0.2) is 4.98 Å². The van der Waals surface area contributed by atoms with Gasteiger partial charge in [-0.2, -0.15) is 4.98 Å². The van der Waals surface area contributed by atoms with Crippen LogP contribution < -0.4 is 4.90 Å². The van der Waals surface area contributed by atoms with E-state index in [-0.39, 0.29) is 5.92 Å². The Labute approximate surface area is 177 Å². The summed E-state index contributed by atoms with van der Waals surface area (Å²) in [5, 5.41) is 4.43. The summed E-state index contributed by atoms with van der Waals surface area (Å²) in [6.07, 6.45) is 15.0. The van der Waals surface area contributed by atoms with Crippen LogP contribution in [0, 0.1) is 0 Å². The summed E-state index contributed by atoms with van der Waals surface area (Å²) >= 11 is 0. The molecule has 3 aromatic rings. The predicted molar refractivity (Wildman–Crippen MR) is 116 cm³/mol. The van der Waals surface area contributed by atoms with Crippen LogP contribution in [0.1, 0.15) is 79.6 Å². The fourth-order valence-corrected chi connectivity index (χ4v) is 4.87. The molecule has 0 radical (unpaired) electrons. The molecule has 1 unspecified atom stereocenters. The van der Waals surface area contributed by atoms with Crippen LogP contribution in [0.2, 0.25) is 0 Å². The number of hydrogen-bond donors (Lipinski definition) is 0. The first-order valence-electron chi connectivity index (χ1n) is 11.3. The van der Waals surface area contributed by atoms with E-state index < -0.39 is 0 Å². The Morgan fingerprint density at radius 2 is 1.83 bits per heavy atom. The monoisotopic (exact) mass is 403 g/mol. The van der Waals surface area contributed by atoms with Gasteiger partial charge in [-0.3, -0.25) is 4.98 Å². The zero-order valence-electron chi connectivity index (χ0n) is 17.4. The first kappa shape index (κ1) is 19.2. The molecular formula is C24H29N5O. The average molecular weight is 404 g/mol. The lowest BCUT2D eigenvalue weighted by Gasteiger charge is -2.30. The second-order valence-corrected chi connectivity index (χ2v) is 8.55. The summed E-state index contributed by atoms with van der Waals surface area (Å²) in [5.41, 5.74) is 2.35. The fraction of sp³-hybridized carbons (Fsp3) is 0.500. The average Bonchev–Trinajstić information content (AvgIpc) is 3.51. The number of pyridine rings is 2. The topological polar surface area (TPSA) is 67.9 Å². The van der Waals surface area contributed by atoms with Gasteiger partial charge in [-0.05, 0) is 61.8 Å². The molecule has 1 aliphatic carbocycles. The van der Waals surface area contributed by atoms with Crippen molar-refractivity contribution < 1.29 is 4.52 Å². The van der Waals surface area contributed by atoms with Crippen LogP contribution in [-0.2, 0) is 6.42 Å². The lowest BCUT2D eigenvalue weighted by Crippen LogP contribution is -2.31. The first-order chi connectivity index (χ1) is 14.9. The number of anilines is 1. The summed E-state index contributed by atoms with van der Waals surface area (Å²) < 4.78 is 5.73.